The van der Waals surface area contributed by atoms with Gasteiger partial charge in [0.15, 0.2) is 5.78 Å². The smallest absolute Gasteiger partial charge is 0.221 e. The van der Waals surface area contributed by atoms with Crippen molar-refractivity contribution in [1.82, 2.24) is 4.90 Å². The van der Waals surface area contributed by atoms with Crippen molar-refractivity contribution in [3.05, 3.63) is 53.8 Å². The van der Waals surface area contributed by atoms with Gasteiger partial charge in [-0.3, -0.25) is 14.5 Å². The number of benzene rings is 2. The lowest BCUT2D eigenvalue weighted by molar-refractivity contribution is -0.114. The predicted octanol–water partition coefficient (Wildman–Crippen LogP) is 3.58. The van der Waals surface area contributed by atoms with Gasteiger partial charge in [0.25, 0.3) is 0 Å². The molecular formula is C23H28FN3O3. The molecular weight excluding hydrogens is 385 g/mol. The third-order valence-electron chi connectivity index (χ3n) is 5.27. The summed E-state index contributed by atoms with van der Waals surface area (Å²) in [6.07, 6.45) is 0.992. The van der Waals surface area contributed by atoms with Gasteiger partial charge in [-0.2, -0.15) is 0 Å². The van der Waals surface area contributed by atoms with Crippen LogP contribution in [-0.2, 0) is 4.79 Å². The highest BCUT2D eigenvalue weighted by atomic mass is 19.1. The first-order valence-corrected chi connectivity index (χ1v) is 10.2. The van der Waals surface area contributed by atoms with Crippen LogP contribution >= 0.6 is 0 Å². The van der Waals surface area contributed by atoms with Crippen LogP contribution in [0, 0.1) is 5.82 Å². The monoisotopic (exact) mass is 413 g/mol. The molecule has 1 aliphatic rings. The van der Waals surface area contributed by atoms with Gasteiger partial charge in [-0.1, -0.05) is 12.1 Å². The van der Waals surface area contributed by atoms with E-state index >= 15 is 0 Å². The van der Waals surface area contributed by atoms with Gasteiger partial charge in [-0.15, -0.1) is 0 Å². The van der Waals surface area contributed by atoms with E-state index in [4.69, 9.17) is 4.74 Å². The predicted molar refractivity (Wildman–Crippen MR) is 116 cm³/mol. The van der Waals surface area contributed by atoms with Gasteiger partial charge in [-0.05, 0) is 43.3 Å². The molecule has 30 heavy (non-hydrogen) atoms. The largest absolute Gasteiger partial charge is 0.495 e. The third-order valence-corrected chi connectivity index (χ3v) is 5.27. The average molecular weight is 413 g/mol. The van der Waals surface area contributed by atoms with Crippen LogP contribution in [-0.4, -0.2) is 56.4 Å². The number of hydrogen-bond donors (Lipinski definition) is 1. The average Bonchev–Trinajstić information content (AvgIpc) is 2.75. The van der Waals surface area contributed by atoms with E-state index in [0.29, 0.717) is 18.5 Å². The maximum atomic E-state index is 13.6. The first-order chi connectivity index (χ1) is 14.5. The van der Waals surface area contributed by atoms with E-state index in [9.17, 15) is 14.0 Å². The van der Waals surface area contributed by atoms with Crippen LogP contribution in [0.15, 0.2) is 42.5 Å². The number of Topliss-reactive ketones (excluding diaryl/α,β-unsaturated/α-hetero) is 1. The maximum Gasteiger partial charge on any atom is 0.221 e. The van der Waals surface area contributed by atoms with Crippen molar-refractivity contribution in [2.45, 2.75) is 19.8 Å². The quantitative estimate of drug-likeness (QED) is 0.671. The number of halogens is 1. The summed E-state index contributed by atoms with van der Waals surface area (Å²) < 4.78 is 19.1. The molecule has 3 rings (SSSR count). The summed E-state index contributed by atoms with van der Waals surface area (Å²) in [6.45, 7) is 5.76. The number of ketones is 1. The van der Waals surface area contributed by atoms with E-state index in [1.54, 1.807) is 7.11 Å². The summed E-state index contributed by atoms with van der Waals surface area (Å²) in [5.74, 6) is -0.0592. The van der Waals surface area contributed by atoms with E-state index in [1.165, 1.54) is 25.1 Å². The Balaban J connectivity index is 1.49. The summed E-state index contributed by atoms with van der Waals surface area (Å²) in [6, 6.07) is 11.9. The van der Waals surface area contributed by atoms with Crippen molar-refractivity contribution >= 4 is 23.1 Å². The molecule has 1 amide bonds. The lowest BCUT2D eigenvalue weighted by Gasteiger charge is -2.36. The Morgan fingerprint density at radius 2 is 1.83 bits per heavy atom. The van der Waals surface area contributed by atoms with E-state index in [1.807, 2.05) is 18.2 Å². The van der Waals surface area contributed by atoms with Crippen LogP contribution in [0.1, 0.15) is 30.1 Å². The van der Waals surface area contributed by atoms with Crippen LogP contribution in [0.5, 0.6) is 5.75 Å². The van der Waals surface area contributed by atoms with Crippen molar-refractivity contribution in [1.29, 1.82) is 0 Å². The first-order valence-electron chi connectivity index (χ1n) is 10.2. The first kappa shape index (κ1) is 21.8. The Morgan fingerprint density at radius 3 is 2.53 bits per heavy atom. The molecule has 1 N–H and O–H groups in total. The number of carbonyl (C=O) groups is 2. The number of hydrogen-bond acceptors (Lipinski definition) is 5. The zero-order chi connectivity index (χ0) is 21.5. The number of carbonyl (C=O) groups excluding carboxylic acids is 2. The second-order valence-corrected chi connectivity index (χ2v) is 7.40. The number of amides is 1. The molecule has 0 aromatic heterocycles. The normalized spacial score (nSPS) is 14.4. The lowest BCUT2D eigenvalue weighted by atomic mass is 10.0. The Kier molecular flexibility index (Phi) is 7.41. The van der Waals surface area contributed by atoms with E-state index in [2.05, 4.69) is 21.2 Å². The molecule has 0 radical (unpaired) electrons. The second-order valence-electron chi connectivity index (χ2n) is 7.40. The zero-order valence-electron chi connectivity index (χ0n) is 17.5. The van der Waals surface area contributed by atoms with Gasteiger partial charge in [0, 0.05) is 45.1 Å². The molecule has 2 aromatic carbocycles. The number of ether oxygens (including phenoxy) is 1. The molecule has 6 nitrogen and oxygen atoms in total. The number of nitrogens with zero attached hydrogens (tertiary/aromatic N) is 2. The Bertz CT molecular complexity index is 895. The van der Waals surface area contributed by atoms with Crippen molar-refractivity contribution < 1.29 is 18.7 Å². The van der Waals surface area contributed by atoms with Crippen LogP contribution in [0.4, 0.5) is 15.8 Å². The van der Waals surface area contributed by atoms with Gasteiger partial charge >= 0.3 is 0 Å². The summed E-state index contributed by atoms with van der Waals surface area (Å²) in [5.41, 5.74) is 1.69. The Hall–Kier alpha value is -2.93. The minimum atomic E-state index is -0.486. The number of anilines is 2. The summed E-state index contributed by atoms with van der Waals surface area (Å²) in [7, 11) is 1.68. The fourth-order valence-electron chi connectivity index (χ4n) is 3.75. The molecule has 0 atom stereocenters. The lowest BCUT2D eigenvalue weighted by Crippen LogP contribution is -2.46. The van der Waals surface area contributed by atoms with Crippen LogP contribution in [0.2, 0.25) is 0 Å². The maximum absolute atomic E-state index is 13.6. The molecule has 2 aromatic rings. The van der Waals surface area contributed by atoms with E-state index in [0.717, 1.165) is 44.2 Å². The van der Waals surface area contributed by atoms with Gasteiger partial charge in [0.05, 0.1) is 18.5 Å². The fourth-order valence-corrected chi connectivity index (χ4v) is 3.75. The molecule has 0 aliphatic carbocycles. The molecule has 0 bridgehead atoms. The second kappa shape index (κ2) is 10.2. The molecule has 1 heterocycles. The number of nitrogens with one attached hydrogen (secondary N) is 1. The minimum absolute atomic E-state index is 0.161. The highest BCUT2D eigenvalue weighted by molar-refractivity contribution is 6.04. The van der Waals surface area contributed by atoms with Gasteiger partial charge in [-0.25, -0.2) is 4.39 Å². The van der Waals surface area contributed by atoms with Gasteiger partial charge < -0.3 is 15.0 Å². The molecule has 0 saturated carbocycles. The van der Waals surface area contributed by atoms with Crippen molar-refractivity contribution in [3.63, 3.8) is 0 Å². The SMILES string of the molecule is COc1ccccc1N1CCN(CCCC(=O)c2cc(F)ccc2NC(C)=O)CC1. The van der Waals surface area contributed by atoms with Gasteiger partial charge in [0.1, 0.15) is 11.6 Å². The Morgan fingerprint density at radius 1 is 1.10 bits per heavy atom. The number of piperazine rings is 1. The molecule has 0 spiro atoms. The highest BCUT2D eigenvalue weighted by Crippen LogP contribution is 2.28. The topological polar surface area (TPSA) is 61.9 Å². The molecule has 160 valence electrons. The third kappa shape index (κ3) is 5.57. The molecule has 7 heteroatoms. The minimum Gasteiger partial charge on any atom is -0.495 e. The molecule has 1 saturated heterocycles. The molecule has 1 fully saturated rings. The molecule has 1 aliphatic heterocycles. The summed E-state index contributed by atoms with van der Waals surface area (Å²) >= 11 is 0. The molecule has 0 unspecified atom stereocenters. The van der Waals surface area contributed by atoms with Crippen molar-refractivity contribution in [2.24, 2.45) is 0 Å². The number of para-hydroxylation sites is 2. The standard InChI is InChI=1S/C23H28FN3O3/c1-17(28)25-20-10-9-18(24)16-19(20)22(29)7-5-11-26-12-14-27(15-13-26)21-6-3-4-8-23(21)30-2/h3-4,6,8-10,16H,5,7,11-15H2,1-2H3,(H,25,28). The van der Waals surface area contributed by atoms with Gasteiger partial charge in [0.2, 0.25) is 5.91 Å². The van der Waals surface area contributed by atoms with Crippen LogP contribution in [0.3, 0.4) is 0 Å². The number of rotatable bonds is 8. The van der Waals surface area contributed by atoms with E-state index in [-0.39, 0.29) is 17.3 Å². The zero-order valence-corrected chi connectivity index (χ0v) is 17.5. The number of methoxy groups -OCH3 is 1. The van der Waals surface area contributed by atoms with E-state index < -0.39 is 5.82 Å². The van der Waals surface area contributed by atoms with Crippen LogP contribution < -0.4 is 15.0 Å². The van der Waals surface area contributed by atoms with Crippen LogP contribution in [0.25, 0.3) is 0 Å². The van der Waals surface area contributed by atoms with Crippen molar-refractivity contribution in [3.8, 4) is 5.75 Å². The van der Waals surface area contributed by atoms with Crippen molar-refractivity contribution in [2.75, 3.05) is 50.1 Å². The summed E-state index contributed by atoms with van der Waals surface area (Å²) in [4.78, 5) is 28.6. The Labute approximate surface area is 176 Å². The summed E-state index contributed by atoms with van der Waals surface area (Å²) in [5, 5.41) is 2.60. The highest BCUT2D eigenvalue weighted by Gasteiger charge is 2.20. The fraction of sp³-hybridized carbons (Fsp3) is 0.391.